The topological polar surface area (TPSA) is 58.1 Å². The Hall–Kier alpha value is -2.05. The third kappa shape index (κ3) is 3.74. The van der Waals surface area contributed by atoms with Crippen LogP contribution in [0.15, 0.2) is 41.9 Å². The predicted molar refractivity (Wildman–Crippen MR) is 84.0 cm³/mol. The van der Waals surface area contributed by atoms with Crippen LogP contribution in [0.1, 0.15) is 12.0 Å². The van der Waals surface area contributed by atoms with Crippen LogP contribution in [0.5, 0.6) is 0 Å². The Morgan fingerprint density at radius 2 is 2.19 bits per heavy atom. The summed E-state index contributed by atoms with van der Waals surface area (Å²) in [5, 5.41) is 10.8. The monoisotopic (exact) mass is 300 g/mol. The molecule has 108 valence electrons. The number of carbonyl (C=O) groups is 1. The summed E-state index contributed by atoms with van der Waals surface area (Å²) in [4.78, 5) is 14.1. The van der Waals surface area contributed by atoms with Crippen molar-refractivity contribution in [1.82, 2.24) is 15.1 Å². The molecule has 1 aliphatic rings. The molecule has 1 aromatic heterocycles. The van der Waals surface area contributed by atoms with Gasteiger partial charge in [0.05, 0.1) is 6.54 Å². The highest BCUT2D eigenvalue weighted by Gasteiger charge is 2.17. The van der Waals surface area contributed by atoms with Gasteiger partial charge in [0.15, 0.2) is 0 Å². The lowest BCUT2D eigenvalue weighted by molar-refractivity contribution is -0.117. The van der Waals surface area contributed by atoms with Crippen LogP contribution in [0.25, 0.3) is 5.57 Å². The number of nitrogens with one attached hydrogen (secondary N) is 1. The van der Waals surface area contributed by atoms with E-state index in [1.54, 1.807) is 5.51 Å². The SMILES string of the molecule is O=C(CN1CCC=C(c2ccccc2)C1)Nc1nncs1. The number of anilines is 1. The third-order valence-corrected chi connectivity index (χ3v) is 3.95. The zero-order valence-electron chi connectivity index (χ0n) is 11.5. The Morgan fingerprint density at radius 1 is 1.33 bits per heavy atom. The first-order chi connectivity index (χ1) is 10.3. The fraction of sp³-hybridized carbons (Fsp3) is 0.267. The molecule has 5 nitrogen and oxygen atoms in total. The largest absolute Gasteiger partial charge is 0.299 e. The highest BCUT2D eigenvalue weighted by Crippen LogP contribution is 2.20. The number of nitrogens with zero attached hydrogens (tertiary/aromatic N) is 3. The van der Waals surface area contributed by atoms with Crippen LogP contribution in [-0.2, 0) is 4.79 Å². The summed E-state index contributed by atoms with van der Waals surface area (Å²) < 4.78 is 0. The minimum atomic E-state index is -0.0407. The molecule has 0 saturated heterocycles. The van der Waals surface area contributed by atoms with Crippen LogP contribution < -0.4 is 5.32 Å². The molecule has 0 aliphatic carbocycles. The molecule has 1 N–H and O–H groups in total. The van der Waals surface area contributed by atoms with Gasteiger partial charge in [0.2, 0.25) is 11.0 Å². The first kappa shape index (κ1) is 13.9. The standard InChI is InChI=1S/C15H16N4OS/c20-14(17-15-18-16-11-21-15)10-19-8-4-7-13(9-19)12-5-2-1-3-6-12/h1-3,5-7,11H,4,8-10H2,(H,17,18,20). The second-order valence-electron chi connectivity index (χ2n) is 4.89. The number of hydrogen-bond donors (Lipinski definition) is 1. The van der Waals surface area contributed by atoms with Crippen LogP contribution in [-0.4, -0.2) is 40.6 Å². The Balaban J connectivity index is 1.58. The average Bonchev–Trinajstić information content (AvgIpc) is 3.01. The van der Waals surface area contributed by atoms with Gasteiger partial charge >= 0.3 is 0 Å². The zero-order chi connectivity index (χ0) is 14.5. The second-order valence-corrected chi connectivity index (χ2v) is 5.72. The normalized spacial score (nSPS) is 15.5. The summed E-state index contributed by atoms with van der Waals surface area (Å²) in [7, 11) is 0. The van der Waals surface area contributed by atoms with Gasteiger partial charge in [-0.15, -0.1) is 10.2 Å². The smallest absolute Gasteiger partial charge is 0.240 e. The number of aromatic nitrogens is 2. The molecule has 2 aromatic rings. The molecular weight excluding hydrogens is 284 g/mol. The van der Waals surface area contributed by atoms with E-state index in [1.165, 1.54) is 22.5 Å². The molecule has 2 heterocycles. The van der Waals surface area contributed by atoms with Crippen LogP contribution in [0.2, 0.25) is 0 Å². The molecule has 0 spiro atoms. The van der Waals surface area contributed by atoms with Gasteiger partial charge < -0.3 is 0 Å². The summed E-state index contributed by atoms with van der Waals surface area (Å²) >= 11 is 1.33. The fourth-order valence-electron chi connectivity index (χ4n) is 2.39. The summed E-state index contributed by atoms with van der Waals surface area (Å²) in [6.07, 6.45) is 3.23. The van der Waals surface area contributed by atoms with Gasteiger partial charge in [-0.3, -0.25) is 15.0 Å². The van der Waals surface area contributed by atoms with Crippen molar-refractivity contribution < 1.29 is 4.79 Å². The first-order valence-electron chi connectivity index (χ1n) is 6.84. The Bertz CT molecular complexity index is 624. The summed E-state index contributed by atoms with van der Waals surface area (Å²) in [5.41, 5.74) is 4.12. The number of rotatable bonds is 4. The molecule has 3 rings (SSSR count). The van der Waals surface area contributed by atoms with Crippen molar-refractivity contribution in [3.8, 4) is 0 Å². The second kappa shape index (κ2) is 6.60. The summed E-state index contributed by atoms with van der Waals surface area (Å²) in [6.45, 7) is 2.08. The van der Waals surface area contributed by atoms with Crippen molar-refractivity contribution in [2.24, 2.45) is 0 Å². The maximum Gasteiger partial charge on any atom is 0.240 e. The molecule has 21 heavy (non-hydrogen) atoms. The van der Waals surface area contributed by atoms with E-state index in [-0.39, 0.29) is 5.91 Å². The molecule has 0 saturated carbocycles. The first-order valence-corrected chi connectivity index (χ1v) is 7.72. The van der Waals surface area contributed by atoms with Gasteiger partial charge in [0, 0.05) is 13.1 Å². The fourth-order valence-corrected chi connectivity index (χ4v) is 2.85. The molecule has 0 fully saturated rings. The number of benzene rings is 1. The number of carbonyl (C=O) groups excluding carboxylic acids is 1. The van der Waals surface area contributed by atoms with Crippen molar-refractivity contribution >= 4 is 27.9 Å². The van der Waals surface area contributed by atoms with Gasteiger partial charge in [-0.25, -0.2) is 0 Å². The predicted octanol–water partition coefficient (Wildman–Crippen LogP) is 2.27. The van der Waals surface area contributed by atoms with E-state index in [9.17, 15) is 4.79 Å². The van der Waals surface area contributed by atoms with Gasteiger partial charge in [-0.05, 0) is 17.6 Å². The average molecular weight is 300 g/mol. The maximum absolute atomic E-state index is 12.0. The van der Waals surface area contributed by atoms with Gasteiger partial charge in [0.1, 0.15) is 5.51 Å². The minimum absolute atomic E-state index is 0.0407. The van der Waals surface area contributed by atoms with Crippen molar-refractivity contribution in [3.05, 3.63) is 47.5 Å². The van der Waals surface area contributed by atoms with Gasteiger partial charge in [0.25, 0.3) is 0 Å². The highest BCUT2D eigenvalue weighted by molar-refractivity contribution is 7.13. The maximum atomic E-state index is 12.0. The third-order valence-electron chi connectivity index (χ3n) is 3.35. The van der Waals surface area contributed by atoms with Crippen molar-refractivity contribution in [3.63, 3.8) is 0 Å². The summed E-state index contributed by atoms with van der Waals surface area (Å²) in [5.74, 6) is -0.0407. The van der Waals surface area contributed by atoms with Crippen molar-refractivity contribution in [1.29, 1.82) is 0 Å². The lowest BCUT2D eigenvalue weighted by Crippen LogP contribution is -2.36. The van der Waals surface area contributed by atoms with Crippen LogP contribution in [0, 0.1) is 0 Å². The quantitative estimate of drug-likeness (QED) is 0.941. The molecule has 0 bridgehead atoms. The van der Waals surface area contributed by atoms with E-state index in [1.807, 2.05) is 18.2 Å². The Morgan fingerprint density at radius 3 is 2.95 bits per heavy atom. The number of amides is 1. The highest BCUT2D eigenvalue weighted by atomic mass is 32.1. The molecule has 0 unspecified atom stereocenters. The Labute approximate surface area is 127 Å². The molecule has 0 radical (unpaired) electrons. The molecule has 1 amide bonds. The molecule has 0 atom stereocenters. The zero-order valence-corrected chi connectivity index (χ0v) is 12.3. The van der Waals surface area contributed by atoms with E-state index >= 15 is 0 Å². The molecule has 1 aliphatic heterocycles. The van der Waals surface area contributed by atoms with Gasteiger partial charge in [-0.2, -0.15) is 0 Å². The summed E-state index contributed by atoms with van der Waals surface area (Å²) in [6, 6.07) is 10.3. The van der Waals surface area contributed by atoms with Crippen LogP contribution in [0.3, 0.4) is 0 Å². The van der Waals surface area contributed by atoms with E-state index in [0.29, 0.717) is 11.7 Å². The number of hydrogen-bond acceptors (Lipinski definition) is 5. The van der Waals surface area contributed by atoms with Crippen LogP contribution >= 0.6 is 11.3 Å². The van der Waals surface area contributed by atoms with E-state index in [0.717, 1.165) is 19.5 Å². The van der Waals surface area contributed by atoms with Gasteiger partial charge in [-0.1, -0.05) is 47.7 Å². The van der Waals surface area contributed by atoms with E-state index in [4.69, 9.17) is 0 Å². The minimum Gasteiger partial charge on any atom is -0.299 e. The van der Waals surface area contributed by atoms with Crippen molar-refractivity contribution in [2.75, 3.05) is 25.0 Å². The lowest BCUT2D eigenvalue weighted by Gasteiger charge is -2.26. The van der Waals surface area contributed by atoms with Crippen molar-refractivity contribution in [2.45, 2.75) is 6.42 Å². The molecular formula is C15H16N4OS. The van der Waals surface area contributed by atoms with E-state index < -0.39 is 0 Å². The molecule has 6 heteroatoms. The molecule has 1 aromatic carbocycles. The lowest BCUT2D eigenvalue weighted by atomic mass is 10.0. The van der Waals surface area contributed by atoms with E-state index in [2.05, 4.69) is 38.6 Å². The Kier molecular flexibility index (Phi) is 4.37. The van der Waals surface area contributed by atoms with Crippen LogP contribution in [0.4, 0.5) is 5.13 Å².